The molecule has 3 aromatic rings. The molecule has 0 radical (unpaired) electrons. The highest BCUT2D eigenvalue weighted by Gasteiger charge is 2.14. The summed E-state index contributed by atoms with van der Waals surface area (Å²) in [4.78, 5) is 12.3. The van der Waals surface area contributed by atoms with E-state index >= 15 is 0 Å². The maximum Gasteiger partial charge on any atom is 0.250 e. The Hall–Kier alpha value is -3.33. The first-order chi connectivity index (χ1) is 15.5. The minimum atomic E-state index is -0.225. The van der Waals surface area contributed by atoms with Crippen LogP contribution in [0.3, 0.4) is 0 Å². The van der Waals surface area contributed by atoms with Gasteiger partial charge in [-0.3, -0.25) is 4.79 Å². The summed E-state index contributed by atoms with van der Waals surface area (Å²) in [6.45, 7) is 6.60. The molecular formula is C23H27N5O3S. The van der Waals surface area contributed by atoms with Gasteiger partial charge in [-0.1, -0.05) is 41.6 Å². The number of nitrogens with one attached hydrogen (secondary N) is 1. The number of methoxy groups -OCH3 is 2. The van der Waals surface area contributed by atoms with Crippen molar-refractivity contribution >= 4 is 23.4 Å². The van der Waals surface area contributed by atoms with Crippen LogP contribution in [0.1, 0.15) is 25.0 Å². The molecule has 0 spiro atoms. The van der Waals surface area contributed by atoms with E-state index in [-0.39, 0.29) is 11.7 Å². The molecule has 168 valence electrons. The molecule has 0 aliphatic rings. The molecule has 1 heterocycles. The molecule has 1 N–H and O–H groups in total. The molecule has 32 heavy (non-hydrogen) atoms. The second-order valence-corrected chi connectivity index (χ2v) is 7.95. The van der Waals surface area contributed by atoms with E-state index in [4.69, 9.17) is 9.47 Å². The van der Waals surface area contributed by atoms with Gasteiger partial charge in [-0.05, 0) is 39.0 Å². The lowest BCUT2D eigenvalue weighted by Crippen LogP contribution is -2.21. The lowest BCUT2D eigenvalue weighted by Gasteiger charge is -2.09. The summed E-state index contributed by atoms with van der Waals surface area (Å²) >= 11 is 1.33. The summed E-state index contributed by atoms with van der Waals surface area (Å²) in [5.74, 6) is 1.98. The molecule has 0 aliphatic heterocycles. The van der Waals surface area contributed by atoms with Gasteiger partial charge in [0.1, 0.15) is 0 Å². The Bertz CT molecular complexity index is 1110. The summed E-state index contributed by atoms with van der Waals surface area (Å²) in [6, 6.07) is 13.6. The highest BCUT2D eigenvalue weighted by molar-refractivity contribution is 7.99. The Morgan fingerprint density at radius 3 is 2.47 bits per heavy atom. The van der Waals surface area contributed by atoms with Crippen LogP contribution >= 0.6 is 11.8 Å². The Balaban J connectivity index is 1.63. The summed E-state index contributed by atoms with van der Waals surface area (Å²) < 4.78 is 12.6. The number of amides is 1. The van der Waals surface area contributed by atoms with Gasteiger partial charge in [0.15, 0.2) is 22.5 Å². The fourth-order valence-electron chi connectivity index (χ4n) is 3.03. The highest BCUT2D eigenvalue weighted by atomic mass is 32.2. The Morgan fingerprint density at radius 1 is 1.09 bits per heavy atom. The van der Waals surface area contributed by atoms with Crippen LogP contribution in [0.15, 0.2) is 52.7 Å². The fourth-order valence-corrected chi connectivity index (χ4v) is 3.83. The first kappa shape index (κ1) is 23.3. The van der Waals surface area contributed by atoms with Crippen LogP contribution in [0, 0.1) is 6.92 Å². The second-order valence-electron chi connectivity index (χ2n) is 7.01. The molecule has 0 atom stereocenters. The molecule has 0 fully saturated rings. The molecule has 0 saturated heterocycles. The lowest BCUT2D eigenvalue weighted by molar-refractivity contribution is -0.118. The summed E-state index contributed by atoms with van der Waals surface area (Å²) in [7, 11) is 3.16. The number of benzene rings is 2. The van der Waals surface area contributed by atoms with Gasteiger partial charge in [0, 0.05) is 17.7 Å². The molecule has 0 saturated carbocycles. The first-order valence-electron chi connectivity index (χ1n) is 10.1. The zero-order chi connectivity index (χ0) is 23.1. The molecule has 8 nitrogen and oxygen atoms in total. The van der Waals surface area contributed by atoms with Crippen LogP contribution in [0.2, 0.25) is 0 Å². The van der Waals surface area contributed by atoms with E-state index < -0.39 is 0 Å². The van der Waals surface area contributed by atoms with Crippen molar-refractivity contribution in [1.82, 2.24) is 20.2 Å². The van der Waals surface area contributed by atoms with Gasteiger partial charge in [-0.2, -0.15) is 5.10 Å². The number of thioether (sulfide) groups is 1. The number of carbonyl (C=O) groups is 1. The summed E-state index contributed by atoms with van der Waals surface area (Å²) in [5, 5.41) is 13.5. The van der Waals surface area contributed by atoms with Gasteiger partial charge in [0.25, 0.3) is 5.91 Å². The van der Waals surface area contributed by atoms with Crippen molar-refractivity contribution in [3.8, 4) is 22.9 Å². The molecule has 2 aromatic carbocycles. The summed E-state index contributed by atoms with van der Waals surface area (Å²) in [5.41, 5.74) is 6.26. The van der Waals surface area contributed by atoms with Crippen LogP contribution in [-0.2, 0) is 11.3 Å². The van der Waals surface area contributed by atoms with Crippen molar-refractivity contribution in [2.24, 2.45) is 5.10 Å². The normalized spacial score (nSPS) is 11.3. The van der Waals surface area contributed by atoms with Gasteiger partial charge >= 0.3 is 0 Å². The zero-order valence-corrected chi connectivity index (χ0v) is 19.7. The molecule has 0 unspecified atom stereocenters. The van der Waals surface area contributed by atoms with Crippen molar-refractivity contribution in [2.75, 3.05) is 20.0 Å². The lowest BCUT2D eigenvalue weighted by atomic mass is 10.1. The summed E-state index contributed by atoms with van der Waals surface area (Å²) in [6.07, 6.45) is 0. The number of hydrogen-bond acceptors (Lipinski definition) is 7. The molecule has 9 heteroatoms. The third kappa shape index (κ3) is 5.47. The van der Waals surface area contributed by atoms with E-state index in [1.165, 1.54) is 17.3 Å². The Morgan fingerprint density at radius 2 is 1.81 bits per heavy atom. The van der Waals surface area contributed by atoms with E-state index in [1.54, 1.807) is 20.3 Å². The smallest absolute Gasteiger partial charge is 0.250 e. The number of aromatic nitrogens is 3. The number of ether oxygens (including phenoxy) is 2. The van der Waals surface area contributed by atoms with Crippen molar-refractivity contribution in [3.05, 3.63) is 53.6 Å². The van der Waals surface area contributed by atoms with Crippen LogP contribution in [0.5, 0.6) is 11.5 Å². The number of hydrogen-bond donors (Lipinski definition) is 1. The standard InChI is InChI=1S/C23H27N5O3S/c1-6-28-22(17-9-7-15(2)8-10-17)26-27-23(28)32-14-21(29)25-24-16(3)18-11-12-19(30-4)20(13-18)31-5/h7-13H,6,14H2,1-5H3,(H,25,29). The van der Waals surface area contributed by atoms with Crippen LogP contribution in [0.4, 0.5) is 0 Å². The van der Waals surface area contributed by atoms with Crippen molar-refractivity contribution in [2.45, 2.75) is 32.5 Å². The third-order valence-electron chi connectivity index (χ3n) is 4.82. The van der Waals surface area contributed by atoms with Gasteiger partial charge in [0.2, 0.25) is 0 Å². The topological polar surface area (TPSA) is 90.6 Å². The number of nitrogens with zero attached hydrogens (tertiary/aromatic N) is 4. The predicted molar refractivity (Wildman–Crippen MR) is 126 cm³/mol. The molecule has 3 rings (SSSR count). The quantitative estimate of drug-likeness (QED) is 0.300. The molecule has 1 aromatic heterocycles. The molecule has 0 aliphatic carbocycles. The van der Waals surface area contributed by atoms with Crippen molar-refractivity contribution in [1.29, 1.82) is 0 Å². The minimum absolute atomic E-state index is 0.175. The maximum atomic E-state index is 12.3. The maximum absolute atomic E-state index is 12.3. The first-order valence-corrected chi connectivity index (χ1v) is 11.1. The number of rotatable bonds is 9. The van der Waals surface area contributed by atoms with Crippen LogP contribution < -0.4 is 14.9 Å². The molecule has 0 bridgehead atoms. The second kappa shape index (κ2) is 10.8. The monoisotopic (exact) mass is 453 g/mol. The van der Waals surface area contributed by atoms with E-state index in [0.29, 0.717) is 28.9 Å². The SMILES string of the molecule is CCn1c(SCC(=O)NN=C(C)c2ccc(OC)c(OC)c2)nnc1-c1ccc(C)cc1. The van der Waals surface area contributed by atoms with E-state index in [1.807, 2.05) is 61.7 Å². The van der Waals surface area contributed by atoms with Crippen LogP contribution in [-0.4, -0.2) is 46.4 Å². The van der Waals surface area contributed by atoms with Crippen molar-refractivity contribution in [3.63, 3.8) is 0 Å². The van der Waals surface area contributed by atoms with E-state index in [9.17, 15) is 4.79 Å². The molecule has 1 amide bonds. The highest BCUT2D eigenvalue weighted by Crippen LogP contribution is 2.28. The number of carbonyl (C=O) groups excluding carboxylic acids is 1. The number of aryl methyl sites for hydroxylation is 1. The number of hydrazone groups is 1. The van der Waals surface area contributed by atoms with Gasteiger partial charge in [0.05, 0.1) is 25.7 Å². The van der Waals surface area contributed by atoms with Crippen LogP contribution in [0.25, 0.3) is 11.4 Å². The van der Waals surface area contributed by atoms with Crippen molar-refractivity contribution < 1.29 is 14.3 Å². The minimum Gasteiger partial charge on any atom is -0.493 e. The average molecular weight is 454 g/mol. The predicted octanol–water partition coefficient (Wildman–Crippen LogP) is 3.92. The average Bonchev–Trinajstić information content (AvgIpc) is 3.24. The van der Waals surface area contributed by atoms with Gasteiger partial charge in [-0.25, -0.2) is 5.43 Å². The van der Waals surface area contributed by atoms with Gasteiger partial charge < -0.3 is 14.0 Å². The van der Waals surface area contributed by atoms with E-state index in [0.717, 1.165) is 17.0 Å². The largest absolute Gasteiger partial charge is 0.493 e. The fraction of sp³-hybridized carbons (Fsp3) is 0.304. The van der Waals surface area contributed by atoms with Gasteiger partial charge in [-0.15, -0.1) is 10.2 Å². The Labute approximate surface area is 192 Å². The van der Waals surface area contributed by atoms with E-state index in [2.05, 4.69) is 20.7 Å². The third-order valence-corrected chi connectivity index (χ3v) is 5.79. The Kier molecular flexibility index (Phi) is 7.88. The molecular weight excluding hydrogens is 426 g/mol. The zero-order valence-electron chi connectivity index (χ0n) is 18.9.